The zero-order chi connectivity index (χ0) is 21.5. The lowest BCUT2D eigenvalue weighted by Gasteiger charge is -2.32. The molecule has 7 nitrogen and oxygen atoms in total. The van der Waals surface area contributed by atoms with Gasteiger partial charge in [0.15, 0.2) is 5.65 Å². The standard InChI is InChI=1S/C21H26Cl2N6O/c1-21(2,3)29-18-15(11-24-29)19(30)27-20(26-18)25-14-6-8-28(9-7-14)12-13-4-5-16(22)17(23)10-13/h4-5,10-11,14H,6-9,12H2,1-3H3,(H2,25,26,27,30). The highest BCUT2D eigenvalue weighted by Gasteiger charge is 2.22. The molecule has 2 aromatic heterocycles. The van der Waals surface area contributed by atoms with Crippen LogP contribution in [0.2, 0.25) is 10.0 Å². The van der Waals surface area contributed by atoms with E-state index in [2.05, 4.69) is 25.3 Å². The second kappa shape index (κ2) is 8.21. The Morgan fingerprint density at radius 2 is 1.93 bits per heavy atom. The molecule has 0 aliphatic carbocycles. The summed E-state index contributed by atoms with van der Waals surface area (Å²) in [5.74, 6) is 0.501. The highest BCUT2D eigenvalue weighted by molar-refractivity contribution is 6.42. The smallest absolute Gasteiger partial charge is 0.263 e. The third-order valence-corrected chi connectivity index (χ3v) is 6.13. The Morgan fingerprint density at radius 3 is 2.60 bits per heavy atom. The van der Waals surface area contributed by atoms with E-state index in [1.165, 1.54) is 0 Å². The van der Waals surface area contributed by atoms with Gasteiger partial charge in [-0.3, -0.25) is 14.7 Å². The van der Waals surface area contributed by atoms with Gasteiger partial charge in [0, 0.05) is 25.7 Å². The number of H-pyrrole nitrogens is 1. The highest BCUT2D eigenvalue weighted by Crippen LogP contribution is 2.24. The SMILES string of the molecule is CC(C)(C)n1ncc2c(=O)[nH]c(NC3CCN(Cc4ccc(Cl)c(Cl)c4)CC3)nc21. The van der Waals surface area contributed by atoms with Crippen molar-refractivity contribution in [2.24, 2.45) is 0 Å². The Morgan fingerprint density at radius 1 is 1.20 bits per heavy atom. The fourth-order valence-corrected chi connectivity index (χ4v) is 4.12. The maximum absolute atomic E-state index is 12.5. The summed E-state index contributed by atoms with van der Waals surface area (Å²) in [6, 6.07) is 6.03. The van der Waals surface area contributed by atoms with Gasteiger partial charge in [0.2, 0.25) is 5.95 Å². The average molecular weight is 449 g/mol. The number of anilines is 1. The predicted octanol–water partition coefficient (Wildman–Crippen LogP) is 4.26. The fraction of sp³-hybridized carbons (Fsp3) is 0.476. The molecule has 2 N–H and O–H groups in total. The predicted molar refractivity (Wildman–Crippen MR) is 122 cm³/mol. The largest absolute Gasteiger partial charge is 0.353 e. The van der Waals surface area contributed by atoms with Crippen molar-refractivity contribution < 1.29 is 0 Å². The van der Waals surface area contributed by atoms with Gasteiger partial charge in [-0.05, 0) is 51.3 Å². The number of nitrogens with one attached hydrogen (secondary N) is 2. The van der Waals surface area contributed by atoms with Crippen molar-refractivity contribution in [3.8, 4) is 0 Å². The Kier molecular flexibility index (Phi) is 5.79. The topological polar surface area (TPSA) is 78.8 Å². The van der Waals surface area contributed by atoms with E-state index in [0.717, 1.165) is 38.0 Å². The number of hydrogen-bond donors (Lipinski definition) is 2. The van der Waals surface area contributed by atoms with E-state index < -0.39 is 0 Å². The number of nitrogens with zero attached hydrogens (tertiary/aromatic N) is 4. The first kappa shape index (κ1) is 21.2. The maximum atomic E-state index is 12.5. The second-order valence-corrected chi connectivity index (χ2v) is 9.64. The number of aromatic amines is 1. The molecule has 30 heavy (non-hydrogen) atoms. The molecule has 9 heteroatoms. The summed E-state index contributed by atoms with van der Waals surface area (Å²) in [6.07, 6.45) is 3.50. The van der Waals surface area contributed by atoms with Gasteiger partial charge in [0.25, 0.3) is 5.56 Å². The molecule has 3 heterocycles. The number of benzene rings is 1. The van der Waals surface area contributed by atoms with Crippen LogP contribution in [0.3, 0.4) is 0 Å². The van der Waals surface area contributed by atoms with Crippen molar-refractivity contribution in [3.63, 3.8) is 0 Å². The molecule has 0 radical (unpaired) electrons. The fourth-order valence-electron chi connectivity index (χ4n) is 3.80. The molecule has 0 atom stereocenters. The van der Waals surface area contributed by atoms with Gasteiger partial charge in [-0.15, -0.1) is 0 Å². The van der Waals surface area contributed by atoms with E-state index in [-0.39, 0.29) is 17.1 Å². The quantitative estimate of drug-likeness (QED) is 0.623. The third-order valence-electron chi connectivity index (χ3n) is 5.39. The molecule has 4 rings (SSSR count). The van der Waals surface area contributed by atoms with Crippen LogP contribution in [0, 0.1) is 0 Å². The van der Waals surface area contributed by atoms with E-state index in [4.69, 9.17) is 23.2 Å². The summed E-state index contributed by atoms with van der Waals surface area (Å²) in [7, 11) is 0. The van der Waals surface area contributed by atoms with Gasteiger partial charge in [0.1, 0.15) is 5.39 Å². The van der Waals surface area contributed by atoms with Crippen molar-refractivity contribution in [2.45, 2.75) is 51.7 Å². The lowest BCUT2D eigenvalue weighted by molar-refractivity contribution is 0.211. The van der Waals surface area contributed by atoms with E-state index in [1.807, 2.05) is 39.0 Å². The summed E-state index contributed by atoms with van der Waals surface area (Å²) in [5, 5.41) is 9.44. The summed E-state index contributed by atoms with van der Waals surface area (Å²) in [4.78, 5) is 22.4. The number of hydrogen-bond acceptors (Lipinski definition) is 5. The van der Waals surface area contributed by atoms with Crippen LogP contribution in [0.25, 0.3) is 11.0 Å². The van der Waals surface area contributed by atoms with Crippen LogP contribution in [0.1, 0.15) is 39.2 Å². The average Bonchev–Trinajstić information content (AvgIpc) is 3.11. The Balaban J connectivity index is 1.42. The zero-order valence-electron chi connectivity index (χ0n) is 17.4. The molecule has 1 aliphatic rings. The van der Waals surface area contributed by atoms with E-state index in [0.29, 0.717) is 27.0 Å². The Hall–Kier alpha value is -2.09. The van der Waals surface area contributed by atoms with Crippen LogP contribution in [-0.2, 0) is 12.1 Å². The number of rotatable bonds is 4. The monoisotopic (exact) mass is 448 g/mol. The van der Waals surface area contributed by atoms with Crippen LogP contribution in [0.15, 0.2) is 29.2 Å². The molecule has 0 unspecified atom stereocenters. The number of likely N-dealkylation sites (tertiary alicyclic amines) is 1. The Bertz CT molecular complexity index is 1110. The van der Waals surface area contributed by atoms with Crippen molar-refractivity contribution in [2.75, 3.05) is 18.4 Å². The molecular weight excluding hydrogens is 423 g/mol. The summed E-state index contributed by atoms with van der Waals surface area (Å²) in [6.45, 7) is 8.86. The molecule has 0 saturated carbocycles. The molecule has 0 bridgehead atoms. The Labute approximate surface area is 185 Å². The number of piperidine rings is 1. The molecule has 1 fully saturated rings. The lowest BCUT2D eigenvalue weighted by Crippen LogP contribution is -2.39. The normalized spacial score (nSPS) is 16.3. The minimum atomic E-state index is -0.254. The molecule has 1 saturated heterocycles. The molecule has 0 amide bonds. The van der Waals surface area contributed by atoms with Gasteiger partial charge < -0.3 is 5.32 Å². The third kappa shape index (κ3) is 4.48. The molecule has 160 valence electrons. The van der Waals surface area contributed by atoms with E-state index in [9.17, 15) is 4.79 Å². The van der Waals surface area contributed by atoms with Crippen LogP contribution in [0.5, 0.6) is 0 Å². The molecule has 1 aliphatic heterocycles. The van der Waals surface area contributed by atoms with E-state index >= 15 is 0 Å². The van der Waals surface area contributed by atoms with Crippen LogP contribution >= 0.6 is 23.2 Å². The molecule has 0 spiro atoms. The minimum absolute atomic E-state index is 0.171. The lowest BCUT2D eigenvalue weighted by atomic mass is 10.0. The van der Waals surface area contributed by atoms with Gasteiger partial charge >= 0.3 is 0 Å². The first-order valence-corrected chi connectivity index (χ1v) is 10.9. The first-order chi connectivity index (χ1) is 14.2. The van der Waals surface area contributed by atoms with E-state index in [1.54, 1.807) is 10.9 Å². The molecular formula is C21H26Cl2N6O. The maximum Gasteiger partial charge on any atom is 0.263 e. The van der Waals surface area contributed by atoms with Crippen molar-refractivity contribution in [1.82, 2.24) is 24.6 Å². The summed E-state index contributed by atoms with van der Waals surface area (Å²) in [5.41, 5.74) is 1.33. The van der Waals surface area contributed by atoms with Crippen LogP contribution in [0.4, 0.5) is 5.95 Å². The zero-order valence-corrected chi connectivity index (χ0v) is 18.9. The second-order valence-electron chi connectivity index (χ2n) is 8.82. The number of fused-ring (bicyclic) bond motifs is 1. The van der Waals surface area contributed by atoms with Crippen LogP contribution in [-0.4, -0.2) is 43.8 Å². The number of halogens is 2. The van der Waals surface area contributed by atoms with Crippen LogP contribution < -0.4 is 10.9 Å². The highest BCUT2D eigenvalue weighted by atomic mass is 35.5. The van der Waals surface area contributed by atoms with Gasteiger partial charge in [-0.25, -0.2) is 4.68 Å². The molecule has 1 aromatic carbocycles. The number of aromatic nitrogens is 4. The minimum Gasteiger partial charge on any atom is -0.353 e. The van der Waals surface area contributed by atoms with Crippen molar-refractivity contribution in [1.29, 1.82) is 0 Å². The van der Waals surface area contributed by atoms with Gasteiger partial charge in [-0.2, -0.15) is 10.1 Å². The molecule has 3 aromatic rings. The summed E-state index contributed by atoms with van der Waals surface area (Å²) < 4.78 is 1.79. The van der Waals surface area contributed by atoms with Crippen molar-refractivity contribution >= 4 is 40.2 Å². The first-order valence-electron chi connectivity index (χ1n) is 10.1. The van der Waals surface area contributed by atoms with Crippen molar-refractivity contribution in [3.05, 3.63) is 50.4 Å². The van der Waals surface area contributed by atoms with Gasteiger partial charge in [-0.1, -0.05) is 29.3 Å². The summed E-state index contributed by atoms with van der Waals surface area (Å²) >= 11 is 12.1. The van der Waals surface area contributed by atoms with Gasteiger partial charge in [0.05, 0.1) is 21.8 Å².